The third-order valence-electron chi connectivity index (χ3n) is 4.51. The minimum Gasteiger partial charge on any atom is -0.480 e. The standard InChI is InChI=1S/C19H29N3O5/c1-4-11(2)16(19(26)27)22-17(24)14(10-13-8-6-5-7-9-13)21-18(25)15(20)12(3)23/h5-9,11-12,14-16,23H,4,10,20H2,1-3H3,(H,21,25)(H,22,24)(H,26,27)/t11-,12+,14-,15-,16-/m0/s1. The highest BCUT2D eigenvalue weighted by Crippen LogP contribution is 2.10. The normalized spacial score (nSPS) is 16.5. The van der Waals surface area contributed by atoms with Crippen molar-refractivity contribution < 1.29 is 24.6 Å². The molecule has 0 saturated heterocycles. The molecule has 8 heteroatoms. The molecule has 0 unspecified atom stereocenters. The third kappa shape index (κ3) is 6.99. The Kier molecular flexibility index (Phi) is 8.90. The van der Waals surface area contributed by atoms with Gasteiger partial charge in [0.2, 0.25) is 11.8 Å². The van der Waals surface area contributed by atoms with Crippen LogP contribution < -0.4 is 16.4 Å². The van der Waals surface area contributed by atoms with Gasteiger partial charge in [0.1, 0.15) is 18.1 Å². The number of carbonyl (C=O) groups excluding carboxylic acids is 2. The lowest BCUT2D eigenvalue weighted by atomic mass is 9.98. The summed E-state index contributed by atoms with van der Waals surface area (Å²) in [5.41, 5.74) is 6.42. The number of hydrogen-bond donors (Lipinski definition) is 5. The molecule has 1 rings (SSSR count). The minimum absolute atomic E-state index is 0.164. The molecule has 6 N–H and O–H groups in total. The highest BCUT2D eigenvalue weighted by Gasteiger charge is 2.31. The lowest BCUT2D eigenvalue weighted by molar-refractivity contribution is -0.143. The summed E-state index contributed by atoms with van der Waals surface area (Å²) in [4.78, 5) is 36.4. The summed E-state index contributed by atoms with van der Waals surface area (Å²) in [7, 11) is 0. The Hall–Kier alpha value is -2.45. The third-order valence-corrected chi connectivity index (χ3v) is 4.51. The monoisotopic (exact) mass is 379 g/mol. The number of aliphatic hydroxyl groups is 1. The zero-order chi connectivity index (χ0) is 20.6. The molecule has 0 fully saturated rings. The van der Waals surface area contributed by atoms with Crippen molar-refractivity contribution in [1.29, 1.82) is 0 Å². The molecule has 27 heavy (non-hydrogen) atoms. The van der Waals surface area contributed by atoms with Crippen molar-refractivity contribution in [2.75, 3.05) is 0 Å². The number of benzene rings is 1. The summed E-state index contributed by atoms with van der Waals surface area (Å²) in [5.74, 6) is -2.71. The molecule has 150 valence electrons. The molecule has 0 aliphatic rings. The molecule has 5 atom stereocenters. The molecule has 0 saturated carbocycles. The van der Waals surface area contributed by atoms with Gasteiger partial charge in [0, 0.05) is 6.42 Å². The second-order valence-corrected chi connectivity index (χ2v) is 6.73. The minimum atomic E-state index is -1.19. The van der Waals surface area contributed by atoms with E-state index >= 15 is 0 Å². The zero-order valence-corrected chi connectivity index (χ0v) is 15.9. The van der Waals surface area contributed by atoms with Gasteiger partial charge in [-0.3, -0.25) is 9.59 Å². The first kappa shape index (κ1) is 22.6. The van der Waals surface area contributed by atoms with E-state index in [2.05, 4.69) is 10.6 Å². The number of aliphatic hydroxyl groups excluding tert-OH is 1. The van der Waals surface area contributed by atoms with E-state index < -0.39 is 42.0 Å². The number of amides is 2. The van der Waals surface area contributed by atoms with Crippen LogP contribution in [0.4, 0.5) is 0 Å². The van der Waals surface area contributed by atoms with E-state index in [-0.39, 0.29) is 12.3 Å². The van der Waals surface area contributed by atoms with Crippen LogP contribution >= 0.6 is 0 Å². The Bertz CT molecular complexity index is 635. The van der Waals surface area contributed by atoms with Crippen LogP contribution in [0.5, 0.6) is 0 Å². The average molecular weight is 379 g/mol. The fourth-order valence-electron chi connectivity index (χ4n) is 2.48. The van der Waals surface area contributed by atoms with Gasteiger partial charge in [-0.15, -0.1) is 0 Å². The van der Waals surface area contributed by atoms with Gasteiger partial charge in [-0.2, -0.15) is 0 Å². The first-order valence-electron chi connectivity index (χ1n) is 8.98. The van der Waals surface area contributed by atoms with Crippen molar-refractivity contribution in [2.45, 2.75) is 57.8 Å². The van der Waals surface area contributed by atoms with Crippen LogP contribution in [0.15, 0.2) is 30.3 Å². The summed E-state index contributed by atoms with van der Waals surface area (Å²) in [6, 6.07) is 5.73. The molecule has 2 amide bonds. The first-order valence-corrected chi connectivity index (χ1v) is 8.98. The van der Waals surface area contributed by atoms with Crippen molar-refractivity contribution in [1.82, 2.24) is 10.6 Å². The van der Waals surface area contributed by atoms with Gasteiger partial charge in [-0.1, -0.05) is 50.6 Å². The van der Waals surface area contributed by atoms with E-state index in [9.17, 15) is 24.6 Å². The molecule has 0 aromatic heterocycles. The zero-order valence-electron chi connectivity index (χ0n) is 15.9. The summed E-state index contributed by atoms with van der Waals surface area (Å²) in [6.07, 6.45) is -0.352. The van der Waals surface area contributed by atoms with Crippen LogP contribution in [-0.4, -0.2) is 52.2 Å². The van der Waals surface area contributed by atoms with Gasteiger partial charge in [0.25, 0.3) is 0 Å². The van der Waals surface area contributed by atoms with Gasteiger partial charge in [0.15, 0.2) is 0 Å². The second-order valence-electron chi connectivity index (χ2n) is 6.73. The van der Waals surface area contributed by atoms with Crippen molar-refractivity contribution in [3.05, 3.63) is 35.9 Å². The number of hydrogen-bond acceptors (Lipinski definition) is 5. The van der Waals surface area contributed by atoms with Crippen LogP contribution in [0, 0.1) is 5.92 Å². The fourth-order valence-corrected chi connectivity index (χ4v) is 2.48. The molecule has 1 aromatic rings. The molecule has 1 aromatic carbocycles. The van der Waals surface area contributed by atoms with Gasteiger partial charge >= 0.3 is 5.97 Å². The molecule has 0 heterocycles. The van der Waals surface area contributed by atoms with Crippen LogP contribution in [0.25, 0.3) is 0 Å². The number of nitrogens with one attached hydrogen (secondary N) is 2. The number of carboxylic acids is 1. The quantitative estimate of drug-likeness (QED) is 0.388. The van der Waals surface area contributed by atoms with Crippen molar-refractivity contribution >= 4 is 17.8 Å². The highest BCUT2D eigenvalue weighted by molar-refractivity contribution is 5.92. The Morgan fingerprint density at radius 2 is 1.67 bits per heavy atom. The lowest BCUT2D eigenvalue weighted by Gasteiger charge is -2.25. The molecule has 0 aliphatic carbocycles. The SMILES string of the molecule is CC[C@H](C)[C@H](NC(=O)[C@H](Cc1ccccc1)NC(=O)[C@@H](N)[C@@H](C)O)C(=O)O. The predicted molar refractivity (Wildman–Crippen MR) is 101 cm³/mol. The Labute approximate surface area is 159 Å². The number of aliphatic carboxylic acids is 1. The van der Waals surface area contributed by atoms with Crippen LogP contribution in [0.2, 0.25) is 0 Å². The van der Waals surface area contributed by atoms with Crippen molar-refractivity contribution in [2.24, 2.45) is 11.7 Å². The number of nitrogens with two attached hydrogens (primary N) is 1. The van der Waals surface area contributed by atoms with Crippen LogP contribution in [-0.2, 0) is 20.8 Å². The molecular formula is C19H29N3O5. The van der Waals surface area contributed by atoms with E-state index in [1.165, 1.54) is 6.92 Å². The first-order chi connectivity index (χ1) is 12.7. The predicted octanol–water partition coefficient (Wildman–Crippen LogP) is 0.0375. The maximum Gasteiger partial charge on any atom is 0.326 e. The molecule has 0 spiro atoms. The summed E-state index contributed by atoms with van der Waals surface area (Å²) < 4.78 is 0. The van der Waals surface area contributed by atoms with Gasteiger partial charge in [-0.05, 0) is 18.4 Å². The van der Waals surface area contributed by atoms with E-state index in [1.807, 2.05) is 13.0 Å². The van der Waals surface area contributed by atoms with Gasteiger partial charge in [0.05, 0.1) is 6.10 Å². The average Bonchev–Trinajstić information content (AvgIpc) is 2.64. The number of rotatable bonds is 10. The molecule has 0 aliphatic heterocycles. The molecule has 0 bridgehead atoms. The lowest BCUT2D eigenvalue weighted by Crippen LogP contribution is -2.57. The van der Waals surface area contributed by atoms with E-state index in [0.717, 1.165) is 5.56 Å². The number of carbonyl (C=O) groups is 3. The van der Waals surface area contributed by atoms with Crippen molar-refractivity contribution in [3.63, 3.8) is 0 Å². The van der Waals surface area contributed by atoms with Crippen LogP contribution in [0.3, 0.4) is 0 Å². The maximum absolute atomic E-state index is 12.7. The topological polar surface area (TPSA) is 142 Å². The van der Waals surface area contributed by atoms with E-state index in [4.69, 9.17) is 5.73 Å². The Morgan fingerprint density at radius 1 is 1.07 bits per heavy atom. The van der Waals surface area contributed by atoms with E-state index in [1.54, 1.807) is 31.2 Å². The maximum atomic E-state index is 12.7. The summed E-state index contributed by atoms with van der Waals surface area (Å²) in [5, 5.41) is 23.9. The van der Waals surface area contributed by atoms with E-state index in [0.29, 0.717) is 6.42 Å². The highest BCUT2D eigenvalue weighted by atomic mass is 16.4. The molecule has 8 nitrogen and oxygen atoms in total. The summed E-state index contributed by atoms with van der Waals surface area (Å²) in [6.45, 7) is 4.94. The second kappa shape index (κ2) is 10.6. The Balaban J connectivity index is 2.99. The Morgan fingerprint density at radius 3 is 2.15 bits per heavy atom. The van der Waals surface area contributed by atoms with Crippen LogP contribution in [0.1, 0.15) is 32.8 Å². The largest absolute Gasteiger partial charge is 0.480 e. The molecule has 0 radical (unpaired) electrons. The smallest absolute Gasteiger partial charge is 0.326 e. The van der Waals surface area contributed by atoms with Gasteiger partial charge in [-0.25, -0.2) is 4.79 Å². The molecular weight excluding hydrogens is 350 g/mol. The number of carboxylic acid groups (broad SMARTS) is 1. The van der Waals surface area contributed by atoms with Crippen molar-refractivity contribution in [3.8, 4) is 0 Å². The fraction of sp³-hybridized carbons (Fsp3) is 0.526. The van der Waals surface area contributed by atoms with Gasteiger partial charge < -0.3 is 26.6 Å². The summed E-state index contributed by atoms with van der Waals surface area (Å²) >= 11 is 0.